The molecule has 3 rings (SSSR count). The van der Waals surface area contributed by atoms with E-state index in [2.05, 4.69) is 49.7 Å². The highest BCUT2D eigenvalue weighted by molar-refractivity contribution is 7.09. The fourth-order valence-corrected chi connectivity index (χ4v) is 5.48. The lowest BCUT2D eigenvalue weighted by molar-refractivity contribution is -0.142. The number of rotatable bonds is 5. The zero-order valence-corrected chi connectivity index (χ0v) is 21.6. The van der Waals surface area contributed by atoms with Crippen LogP contribution in [0.25, 0.3) is 0 Å². The van der Waals surface area contributed by atoms with Crippen molar-refractivity contribution in [2.75, 3.05) is 44.6 Å². The molecule has 0 radical (unpaired) electrons. The first kappa shape index (κ1) is 24.4. The quantitative estimate of drug-likeness (QED) is 0.739. The van der Waals surface area contributed by atoms with Crippen LogP contribution in [0.1, 0.15) is 74.1 Å². The van der Waals surface area contributed by atoms with Crippen molar-refractivity contribution in [2.45, 2.75) is 85.4 Å². The highest BCUT2D eigenvalue weighted by Gasteiger charge is 2.38. The second-order valence-electron chi connectivity index (χ2n) is 11.6. The van der Waals surface area contributed by atoms with Gasteiger partial charge in [-0.2, -0.15) is 4.37 Å². The molecule has 31 heavy (non-hydrogen) atoms. The first-order valence-corrected chi connectivity index (χ1v) is 12.5. The molecule has 2 fully saturated rings. The fourth-order valence-electron chi connectivity index (χ4n) is 4.76. The van der Waals surface area contributed by atoms with Gasteiger partial charge < -0.3 is 10.2 Å². The Labute approximate surface area is 192 Å². The van der Waals surface area contributed by atoms with Crippen molar-refractivity contribution < 1.29 is 4.79 Å². The molecule has 1 aromatic heterocycles. The first-order chi connectivity index (χ1) is 14.3. The second-order valence-corrected chi connectivity index (χ2v) is 12.3. The minimum Gasteiger partial charge on any atom is -0.359 e. The lowest BCUT2D eigenvalue weighted by Gasteiger charge is -2.43. The van der Waals surface area contributed by atoms with E-state index in [1.165, 1.54) is 30.9 Å². The van der Waals surface area contributed by atoms with Gasteiger partial charge in [-0.15, -0.1) is 0 Å². The standard InChI is InChI=1S/C23H42N6OS/c1-21(2,3)19(30)27-12-14-28(15-13-27)23(7,8)18-25-20(31-26-18)24-16-17-10-9-11-29(17)22(4,5)6/h17H,9-16H2,1-8H3,(H,24,25,26). The Balaban J connectivity index is 1.57. The largest absolute Gasteiger partial charge is 0.359 e. The van der Waals surface area contributed by atoms with Gasteiger partial charge in [-0.05, 0) is 54.0 Å². The maximum Gasteiger partial charge on any atom is 0.228 e. The normalized spacial score (nSPS) is 22.2. The summed E-state index contributed by atoms with van der Waals surface area (Å²) in [6.45, 7) is 22.6. The van der Waals surface area contributed by atoms with Crippen molar-refractivity contribution in [2.24, 2.45) is 5.41 Å². The van der Waals surface area contributed by atoms with E-state index >= 15 is 0 Å². The third-order valence-corrected chi connectivity index (χ3v) is 7.37. The van der Waals surface area contributed by atoms with Gasteiger partial charge in [-0.1, -0.05) is 20.8 Å². The van der Waals surface area contributed by atoms with Crippen LogP contribution in [0.3, 0.4) is 0 Å². The summed E-state index contributed by atoms with van der Waals surface area (Å²) >= 11 is 1.46. The number of carbonyl (C=O) groups is 1. The molecule has 0 spiro atoms. The Morgan fingerprint density at radius 2 is 1.68 bits per heavy atom. The van der Waals surface area contributed by atoms with E-state index in [4.69, 9.17) is 9.36 Å². The number of nitrogens with zero attached hydrogens (tertiary/aromatic N) is 5. The molecule has 0 aromatic carbocycles. The molecule has 2 saturated heterocycles. The maximum atomic E-state index is 12.6. The van der Waals surface area contributed by atoms with Gasteiger partial charge in [0.15, 0.2) is 5.82 Å². The van der Waals surface area contributed by atoms with Crippen LogP contribution in [-0.4, -0.2) is 80.8 Å². The van der Waals surface area contributed by atoms with E-state index in [1.807, 2.05) is 25.7 Å². The van der Waals surface area contributed by atoms with Gasteiger partial charge >= 0.3 is 0 Å². The molecule has 176 valence electrons. The highest BCUT2D eigenvalue weighted by atomic mass is 32.1. The summed E-state index contributed by atoms with van der Waals surface area (Å²) in [6, 6.07) is 0.550. The molecule has 1 atom stereocenters. The van der Waals surface area contributed by atoms with Crippen molar-refractivity contribution in [1.82, 2.24) is 24.1 Å². The maximum absolute atomic E-state index is 12.6. The van der Waals surface area contributed by atoms with Crippen molar-refractivity contribution in [3.8, 4) is 0 Å². The van der Waals surface area contributed by atoms with Gasteiger partial charge in [0.25, 0.3) is 0 Å². The third-order valence-electron chi connectivity index (χ3n) is 6.70. The number of nitrogens with one attached hydrogen (secondary N) is 1. The molecular weight excluding hydrogens is 408 g/mol. The topological polar surface area (TPSA) is 64.6 Å². The fraction of sp³-hybridized carbons (Fsp3) is 0.870. The molecule has 3 heterocycles. The first-order valence-electron chi connectivity index (χ1n) is 11.7. The van der Waals surface area contributed by atoms with Gasteiger partial charge in [0.05, 0.1) is 5.54 Å². The van der Waals surface area contributed by atoms with Crippen molar-refractivity contribution in [3.05, 3.63) is 5.82 Å². The molecule has 1 N–H and O–H groups in total. The number of amides is 1. The molecule has 1 amide bonds. The van der Waals surface area contributed by atoms with Crippen LogP contribution in [0.2, 0.25) is 0 Å². The van der Waals surface area contributed by atoms with Crippen LogP contribution >= 0.6 is 11.5 Å². The van der Waals surface area contributed by atoms with Gasteiger partial charge in [-0.3, -0.25) is 14.6 Å². The lowest BCUT2D eigenvalue weighted by atomic mass is 9.94. The molecular formula is C23H42N6OS. The average Bonchev–Trinajstić information content (AvgIpc) is 3.34. The monoisotopic (exact) mass is 450 g/mol. The van der Waals surface area contributed by atoms with Gasteiger partial charge in [0, 0.05) is 61.3 Å². The van der Waals surface area contributed by atoms with E-state index in [0.29, 0.717) is 6.04 Å². The number of hydrogen-bond acceptors (Lipinski definition) is 7. The molecule has 0 bridgehead atoms. The van der Waals surface area contributed by atoms with Gasteiger partial charge in [0.1, 0.15) is 0 Å². The minimum absolute atomic E-state index is 0.202. The zero-order chi connectivity index (χ0) is 23.0. The predicted molar refractivity (Wildman–Crippen MR) is 129 cm³/mol. The number of likely N-dealkylation sites (tertiary alicyclic amines) is 1. The number of hydrogen-bond donors (Lipinski definition) is 1. The third kappa shape index (κ3) is 5.57. The Morgan fingerprint density at radius 3 is 2.26 bits per heavy atom. The summed E-state index contributed by atoms with van der Waals surface area (Å²) in [5.74, 6) is 1.11. The van der Waals surface area contributed by atoms with Crippen molar-refractivity contribution >= 4 is 22.6 Å². The summed E-state index contributed by atoms with van der Waals surface area (Å²) in [5, 5.41) is 4.46. The lowest BCUT2D eigenvalue weighted by Crippen LogP contribution is -2.56. The second kappa shape index (κ2) is 8.94. The van der Waals surface area contributed by atoms with Crippen LogP contribution in [0.15, 0.2) is 0 Å². The molecule has 2 aliphatic heterocycles. The number of aromatic nitrogens is 2. The molecule has 7 nitrogen and oxygen atoms in total. The SMILES string of the molecule is CC(C)(C)C(=O)N1CCN(C(C)(C)c2nsc(NCC3CCCN3C(C)(C)C)n2)CC1. The smallest absolute Gasteiger partial charge is 0.228 e. The summed E-state index contributed by atoms with van der Waals surface area (Å²) in [4.78, 5) is 24.4. The van der Waals surface area contributed by atoms with Crippen molar-refractivity contribution in [1.29, 1.82) is 0 Å². The number of piperazine rings is 1. The summed E-state index contributed by atoms with van der Waals surface area (Å²) in [5.41, 5.74) is -0.373. The Morgan fingerprint density at radius 1 is 1.03 bits per heavy atom. The minimum atomic E-state index is -0.323. The van der Waals surface area contributed by atoms with Gasteiger partial charge in [-0.25, -0.2) is 4.98 Å². The van der Waals surface area contributed by atoms with Crippen LogP contribution in [0.5, 0.6) is 0 Å². The molecule has 1 unspecified atom stereocenters. The van der Waals surface area contributed by atoms with Crippen LogP contribution < -0.4 is 5.32 Å². The van der Waals surface area contributed by atoms with Crippen LogP contribution in [0, 0.1) is 5.41 Å². The molecule has 0 saturated carbocycles. The van der Waals surface area contributed by atoms with Gasteiger partial charge in [0.2, 0.25) is 11.0 Å². The van der Waals surface area contributed by atoms with Crippen LogP contribution in [-0.2, 0) is 10.3 Å². The number of carbonyl (C=O) groups excluding carboxylic acids is 1. The van der Waals surface area contributed by atoms with E-state index in [0.717, 1.165) is 43.7 Å². The van der Waals surface area contributed by atoms with E-state index < -0.39 is 0 Å². The highest BCUT2D eigenvalue weighted by Crippen LogP contribution is 2.31. The average molecular weight is 451 g/mol. The summed E-state index contributed by atoms with van der Waals surface area (Å²) in [7, 11) is 0. The molecule has 1 aromatic rings. The summed E-state index contributed by atoms with van der Waals surface area (Å²) in [6.07, 6.45) is 2.50. The van der Waals surface area contributed by atoms with E-state index in [9.17, 15) is 4.79 Å². The Kier molecular flexibility index (Phi) is 7.04. The Bertz CT molecular complexity index is 755. The van der Waals surface area contributed by atoms with Crippen molar-refractivity contribution in [3.63, 3.8) is 0 Å². The zero-order valence-electron chi connectivity index (χ0n) is 20.8. The Hall–Kier alpha value is -1.25. The number of anilines is 1. The molecule has 8 heteroatoms. The van der Waals surface area contributed by atoms with E-state index in [-0.39, 0.29) is 22.4 Å². The predicted octanol–water partition coefficient (Wildman–Crippen LogP) is 3.64. The van der Waals surface area contributed by atoms with E-state index in [1.54, 1.807) is 0 Å². The molecule has 2 aliphatic rings. The molecule has 0 aliphatic carbocycles. The van der Waals surface area contributed by atoms with Crippen LogP contribution in [0.4, 0.5) is 5.13 Å². The summed E-state index contributed by atoms with van der Waals surface area (Å²) < 4.78 is 4.70.